The Morgan fingerprint density at radius 1 is 1.19 bits per heavy atom. The van der Waals surface area contributed by atoms with Crippen molar-refractivity contribution in [3.05, 3.63) is 59.7 Å². The number of carbonyl (C=O) groups is 1. The molecule has 0 fully saturated rings. The summed E-state index contributed by atoms with van der Waals surface area (Å²) in [7, 11) is 0. The van der Waals surface area contributed by atoms with E-state index in [4.69, 9.17) is 10.5 Å². The molecular formula is C15H14F2N2O2. The lowest BCUT2D eigenvalue weighted by atomic mass is 10.2. The summed E-state index contributed by atoms with van der Waals surface area (Å²) in [6.07, 6.45) is 0. The monoisotopic (exact) mass is 292 g/mol. The van der Waals surface area contributed by atoms with Crippen LogP contribution in [0, 0.1) is 11.6 Å². The average molecular weight is 292 g/mol. The number of carbonyl (C=O) groups excluding carboxylic acids is 1. The topological polar surface area (TPSA) is 64.3 Å². The van der Waals surface area contributed by atoms with Gasteiger partial charge in [0, 0.05) is 17.8 Å². The van der Waals surface area contributed by atoms with Gasteiger partial charge in [0.05, 0.1) is 0 Å². The highest BCUT2D eigenvalue weighted by molar-refractivity contribution is 5.91. The number of anilines is 1. The number of amides is 1. The predicted molar refractivity (Wildman–Crippen MR) is 74.8 cm³/mol. The van der Waals surface area contributed by atoms with E-state index in [0.717, 1.165) is 0 Å². The van der Waals surface area contributed by atoms with Crippen LogP contribution in [0.2, 0.25) is 0 Å². The number of rotatable bonds is 5. The number of nitrogens with one attached hydrogen (secondary N) is 1. The zero-order chi connectivity index (χ0) is 15.2. The van der Waals surface area contributed by atoms with Crippen LogP contribution >= 0.6 is 0 Å². The second kappa shape index (κ2) is 6.81. The summed E-state index contributed by atoms with van der Waals surface area (Å²) >= 11 is 0. The van der Waals surface area contributed by atoms with E-state index < -0.39 is 24.1 Å². The van der Waals surface area contributed by atoms with Crippen LogP contribution in [0.1, 0.15) is 5.56 Å². The van der Waals surface area contributed by atoms with Crippen molar-refractivity contribution in [3.63, 3.8) is 0 Å². The number of benzene rings is 2. The Kier molecular flexibility index (Phi) is 4.84. The van der Waals surface area contributed by atoms with E-state index in [9.17, 15) is 13.6 Å². The molecule has 0 saturated carbocycles. The molecule has 4 nitrogen and oxygen atoms in total. The molecule has 0 saturated heterocycles. The molecule has 0 unspecified atom stereocenters. The van der Waals surface area contributed by atoms with Crippen LogP contribution in [0.15, 0.2) is 42.5 Å². The third-order valence-corrected chi connectivity index (χ3v) is 2.72. The van der Waals surface area contributed by atoms with E-state index in [-0.39, 0.29) is 12.3 Å². The highest BCUT2D eigenvalue weighted by atomic mass is 19.1. The summed E-state index contributed by atoms with van der Waals surface area (Å²) in [6, 6.07) is 9.79. The van der Waals surface area contributed by atoms with Gasteiger partial charge in [-0.1, -0.05) is 18.2 Å². The smallest absolute Gasteiger partial charge is 0.262 e. The minimum absolute atomic E-state index is 0.0469. The van der Waals surface area contributed by atoms with Crippen LogP contribution in [-0.4, -0.2) is 12.5 Å². The minimum Gasteiger partial charge on any atom is -0.480 e. The Morgan fingerprint density at radius 2 is 1.95 bits per heavy atom. The van der Waals surface area contributed by atoms with Gasteiger partial charge in [0.15, 0.2) is 18.2 Å². The molecule has 0 aromatic heterocycles. The molecule has 2 rings (SSSR count). The van der Waals surface area contributed by atoms with Gasteiger partial charge < -0.3 is 15.8 Å². The van der Waals surface area contributed by atoms with Crippen molar-refractivity contribution in [1.82, 2.24) is 0 Å². The van der Waals surface area contributed by atoms with Crippen LogP contribution in [0.4, 0.5) is 14.5 Å². The van der Waals surface area contributed by atoms with Crippen LogP contribution in [0.5, 0.6) is 5.75 Å². The fourth-order valence-corrected chi connectivity index (χ4v) is 1.78. The van der Waals surface area contributed by atoms with Crippen molar-refractivity contribution in [3.8, 4) is 5.75 Å². The standard InChI is InChI=1S/C15H14F2N2O2/c16-11-4-2-5-12(7-11)19-14(20)9-21-15-10(8-18)3-1-6-13(15)17/h1-7H,8-9,18H2,(H,19,20). The lowest BCUT2D eigenvalue weighted by Crippen LogP contribution is -2.21. The SMILES string of the molecule is NCc1cccc(F)c1OCC(=O)Nc1cccc(F)c1. The molecule has 0 aliphatic heterocycles. The third-order valence-electron chi connectivity index (χ3n) is 2.72. The number of hydrogen-bond donors (Lipinski definition) is 2. The van der Waals surface area contributed by atoms with Gasteiger partial charge in [0.1, 0.15) is 5.82 Å². The first-order valence-electron chi connectivity index (χ1n) is 6.26. The maximum Gasteiger partial charge on any atom is 0.262 e. The molecule has 21 heavy (non-hydrogen) atoms. The van der Waals surface area contributed by atoms with Gasteiger partial charge in [-0.05, 0) is 24.3 Å². The highest BCUT2D eigenvalue weighted by Crippen LogP contribution is 2.22. The first-order chi connectivity index (χ1) is 10.1. The van der Waals surface area contributed by atoms with Gasteiger partial charge in [-0.2, -0.15) is 0 Å². The second-order valence-electron chi connectivity index (χ2n) is 4.28. The Labute approximate surface area is 120 Å². The fraction of sp³-hybridized carbons (Fsp3) is 0.133. The van der Waals surface area contributed by atoms with E-state index in [0.29, 0.717) is 11.3 Å². The summed E-state index contributed by atoms with van der Waals surface area (Å²) in [4.78, 5) is 11.7. The summed E-state index contributed by atoms with van der Waals surface area (Å²) < 4.78 is 31.7. The van der Waals surface area contributed by atoms with Crippen molar-refractivity contribution in [2.24, 2.45) is 5.73 Å². The summed E-state index contributed by atoms with van der Waals surface area (Å²) in [5.41, 5.74) is 6.25. The summed E-state index contributed by atoms with van der Waals surface area (Å²) in [5.74, 6) is -1.62. The first kappa shape index (κ1) is 14.9. The number of ether oxygens (including phenoxy) is 1. The van der Waals surface area contributed by atoms with E-state index in [1.807, 2.05) is 0 Å². The first-order valence-corrected chi connectivity index (χ1v) is 6.26. The van der Waals surface area contributed by atoms with Crippen LogP contribution in [-0.2, 0) is 11.3 Å². The van der Waals surface area contributed by atoms with E-state index >= 15 is 0 Å². The molecule has 0 heterocycles. The zero-order valence-corrected chi connectivity index (χ0v) is 11.1. The Bertz CT molecular complexity index is 647. The lowest BCUT2D eigenvalue weighted by Gasteiger charge is -2.11. The number of halogens is 2. The number of nitrogens with two attached hydrogens (primary N) is 1. The van der Waals surface area contributed by atoms with Crippen LogP contribution in [0.25, 0.3) is 0 Å². The van der Waals surface area contributed by atoms with Crippen LogP contribution < -0.4 is 15.8 Å². The largest absolute Gasteiger partial charge is 0.480 e. The number of para-hydroxylation sites is 1. The molecule has 2 aromatic carbocycles. The average Bonchev–Trinajstić information content (AvgIpc) is 2.45. The molecule has 0 spiro atoms. The molecule has 6 heteroatoms. The molecule has 0 atom stereocenters. The van der Waals surface area contributed by atoms with Gasteiger partial charge in [-0.25, -0.2) is 8.78 Å². The van der Waals surface area contributed by atoms with Crippen molar-refractivity contribution in [2.45, 2.75) is 6.54 Å². The Morgan fingerprint density at radius 3 is 2.67 bits per heavy atom. The minimum atomic E-state index is -0.587. The molecule has 0 radical (unpaired) electrons. The van der Waals surface area contributed by atoms with Crippen molar-refractivity contribution in [1.29, 1.82) is 0 Å². The molecule has 0 bridgehead atoms. The normalized spacial score (nSPS) is 10.2. The Hall–Kier alpha value is -2.47. The maximum atomic E-state index is 13.6. The summed E-state index contributed by atoms with van der Waals surface area (Å²) in [5, 5.41) is 2.45. The third kappa shape index (κ3) is 4.00. The Balaban J connectivity index is 1.99. The molecule has 0 aliphatic carbocycles. The predicted octanol–water partition coefficient (Wildman–Crippen LogP) is 2.44. The zero-order valence-electron chi connectivity index (χ0n) is 11.1. The quantitative estimate of drug-likeness (QED) is 0.889. The highest BCUT2D eigenvalue weighted by Gasteiger charge is 2.11. The van der Waals surface area contributed by atoms with Crippen molar-refractivity contribution < 1.29 is 18.3 Å². The molecule has 2 aromatic rings. The van der Waals surface area contributed by atoms with Gasteiger partial charge in [-0.3, -0.25) is 4.79 Å². The van der Waals surface area contributed by atoms with Crippen LogP contribution in [0.3, 0.4) is 0 Å². The van der Waals surface area contributed by atoms with Gasteiger partial charge in [-0.15, -0.1) is 0 Å². The molecular weight excluding hydrogens is 278 g/mol. The fourth-order valence-electron chi connectivity index (χ4n) is 1.78. The molecule has 1 amide bonds. The number of hydrogen-bond acceptors (Lipinski definition) is 3. The van der Waals surface area contributed by atoms with E-state index in [2.05, 4.69) is 5.32 Å². The molecule has 3 N–H and O–H groups in total. The summed E-state index contributed by atoms with van der Waals surface area (Å²) in [6.45, 7) is -0.303. The van der Waals surface area contributed by atoms with Crippen molar-refractivity contribution >= 4 is 11.6 Å². The van der Waals surface area contributed by atoms with Gasteiger partial charge in [0.25, 0.3) is 5.91 Å². The molecule has 110 valence electrons. The van der Waals surface area contributed by atoms with Gasteiger partial charge in [0.2, 0.25) is 0 Å². The lowest BCUT2D eigenvalue weighted by molar-refractivity contribution is -0.118. The van der Waals surface area contributed by atoms with E-state index in [1.165, 1.54) is 36.4 Å². The second-order valence-corrected chi connectivity index (χ2v) is 4.28. The molecule has 0 aliphatic rings. The van der Waals surface area contributed by atoms with E-state index in [1.54, 1.807) is 6.07 Å². The van der Waals surface area contributed by atoms with Crippen molar-refractivity contribution in [2.75, 3.05) is 11.9 Å². The maximum absolute atomic E-state index is 13.6. The van der Waals surface area contributed by atoms with Gasteiger partial charge >= 0.3 is 0 Å².